The SMILES string of the molecule is C=C(/C=C(\C=C(/C)C(F)(F)F)C1OC/C1=C(/O)c1cc(C(F)(F)F)c(C#N)c(C(F)(F)F)c1)C(F)(F)F. The summed E-state index contributed by atoms with van der Waals surface area (Å²) in [6.45, 7) is 2.40. The summed E-state index contributed by atoms with van der Waals surface area (Å²) in [7, 11) is 0. The van der Waals surface area contributed by atoms with Crippen LogP contribution in [0.1, 0.15) is 29.2 Å². The number of aliphatic hydroxyl groups excluding tert-OH is 1. The number of nitrogens with zero attached hydrogens (tertiary/aromatic N) is 1. The van der Waals surface area contributed by atoms with E-state index in [0.29, 0.717) is 6.92 Å². The van der Waals surface area contributed by atoms with Crippen molar-refractivity contribution in [2.45, 2.75) is 37.7 Å². The molecule has 1 saturated heterocycles. The minimum absolute atomic E-state index is 0.000340. The molecule has 0 aromatic heterocycles. The van der Waals surface area contributed by atoms with Gasteiger partial charge in [-0.05, 0) is 36.8 Å². The zero-order chi connectivity index (χ0) is 28.7. The van der Waals surface area contributed by atoms with Crippen LogP contribution in [0.15, 0.2) is 53.2 Å². The molecule has 202 valence electrons. The smallest absolute Gasteiger partial charge is 0.417 e. The first kappa shape index (κ1) is 29.8. The third-order valence-electron chi connectivity index (χ3n) is 5.00. The van der Waals surface area contributed by atoms with E-state index in [2.05, 4.69) is 6.58 Å². The van der Waals surface area contributed by atoms with Crippen LogP contribution in [-0.2, 0) is 17.1 Å². The molecule has 1 aliphatic rings. The van der Waals surface area contributed by atoms with E-state index >= 15 is 0 Å². The molecule has 15 heteroatoms. The van der Waals surface area contributed by atoms with Gasteiger partial charge in [0, 0.05) is 22.3 Å². The lowest BCUT2D eigenvalue weighted by Crippen LogP contribution is -2.34. The van der Waals surface area contributed by atoms with Gasteiger partial charge in [0.1, 0.15) is 17.9 Å². The summed E-state index contributed by atoms with van der Waals surface area (Å²) in [5, 5.41) is 19.3. The maximum absolute atomic E-state index is 13.4. The summed E-state index contributed by atoms with van der Waals surface area (Å²) in [5.74, 6) is -1.32. The number of hydrogen-bond donors (Lipinski definition) is 1. The van der Waals surface area contributed by atoms with E-state index < -0.39 is 87.7 Å². The lowest BCUT2D eigenvalue weighted by molar-refractivity contribution is -0.143. The molecule has 1 fully saturated rings. The minimum Gasteiger partial charge on any atom is -0.507 e. The van der Waals surface area contributed by atoms with Crippen LogP contribution in [0.2, 0.25) is 0 Å². The number of hydrogen-bond acceptors (Lipinski definition) is 3. The van der Waals surface area contributed by atoms with Crippen LogP contribution in [0, 0.1) is 11.3 Å². The Labute approximate surface area is 200 Å². The molecule has 1 atom stereocenters. The number of allylic oxidation sites excluding steroid dienone is 3. The van der Waals surface area contributed by atoms with Gasteiger partial charge in [-0.2, -0.15) is 57.9 Å². The molecule has 1 aliphatic heterocycles. The lowest BCUT2D eigenvalue weighted by Gasteiger charge is -2.33. The topological polar surface area (TPSA) is 53.2 Å². The van der Waals surface area contributed by atoms with E-state index in [1.165, 1.54) is 0 Å². The van der Waals surface area contributed by atoms with Crippen LogP contribution < -0.4 is 0 Å². The molecule has 0 spiro atoms. The second-order valence-corrected chi connectivity index (χ2v) is 7.61. The fourth-order valence-corrected chi connectivity index (χ4v) is 3.08. The Kier molecular flexibility index (Phi) is 7.90. The fourth-order valence-electron chi connectivity index (χ4n) is 3.08. The Hall–Kier alpha value is -3.41. The number of nitriles is 1. The first-order valence-electron chi connectivity index (χ1n) is 9.58. The van der Waals surface area contributed by atoms with E-state index in [-0.39, 0.29) is 24.3 Å². The van der Waals surface area contributed by atoms with Crippen LogP contribution in [0.5, 0.6) is 0 Å². The van der Waals surface area contributed by atoms with Crippen molar-refractivity contribution < 1.29 is 62.5 Å². The van der Waals surface area contributed by atoms with Crippen LogP contribution in [-0.4, -0.2) is 30.2 Å². The summed E-state index contributed by atoms with van der Waals surface area (Å²) in [4.78, 5) is 0. The van der Waals surface area contributed by atoms with Crippen molar-refractivity contribution in [2.75, 3.05) is 6.61 Å². The van der Waals surface area contributed by atoms with E-state index in [1.807, 2.05) is 0 Å². The van der Waals surface area contributed by atoms with E-state index in [0.717, 1.165) is 6.07 Å². The molecule has 0 bridgehead atoms. The normalized spacial score (nSPS) is 19.3. The third-order valence-corrected chi connectivity index (χ3v) is 5.00. The number of halogens is 12. The summed E-state index contributed by atoms with van der Waals surface area (Å²) in [6.07, 6.45) is -22.7. The fraction of sp³-hybridized carbons (Fsp3) is 0.318. The zero-order valence-corrected chi connectivity index (χ0v) is 18.1. The number of aliphatic hydroxyl groups is 1. The van der Waals surface area contributed by atoms with Gasteiger partial charge in [0.2, 0.25) is 0 Å². The van der Waals surface area contributed by atoms with Crippen LogP contribution in [0.3, 0.4) is 0 Å². The maximum Gasteiger partial charge on any atom is 0.417 e. The van der Waals surface area contributed by atoms with Crippen molar-refractivity contribution in [3.8, 4) is 6.07 Å². The van der Waals surface area contributed by atoms with Gasteiger partial charge in [0.15, 0.2) is 0 Å². The van der Waals surface area contributed by atoms with Crippen molar-refractivity contribution in [3.63, 3.8) is 0 Å². The van der Waals surface area contributed by atoms with Gasteiger partial charge in [-0.15, -0.1) is 0 Å². The van der Waals surface area contributed by atoms with Gasteiger partial charge in [-0.1, -0.05) is 6.58 Å². The van der Waals surface area contributed by atoms with Gasteiger partial charge in [0.25, 0.3) is 0 Å². The van der Waals surface area contributed by atoms with E-state index in [9.17, 15) is 57.8 Å². The molecular weight excluding hydrogens is 538 g/mol. The number of ether oxygens (including phenoxy) is 1. The van der Waals surface area contributed by atoms with Gasteiger partial charge in [-0.25, -0.2) is 0 Å². The van der Waals surface area contributed by atoms with Gasteiger partial charge < -0.3 is 9.84 Å². The monoisotopic (exact) mass is 551 g/mol. The molecular formula is C22H13F12NO2. The Bertz CT molecular complexity index is 1180. The van der Waals surface area contributed by atoms with Crippen molar-refractivity contribution in [1.82, 2.24) is 0 Å². The Morgan fingerprint density at radius 2 is 1.43 bits per heavy atom. The summed E-state index contributed by atoms with van der Waals surface area (Å²) in [5.41, 5.74) is -11.7. The predicted octanol–water partition coefficient (Wildman–Crippen LogP) is 7.82. The average Bonchev–Trinajstić information content (AvgIpc) is 2.68. The summed E-state index contributed by atoms with van der Waals surface area (Å²) < 4.78 is 163. The number of rotatable bonds is 4. The molecule has 1 unspecified atom stereocenters. The van der Waals surface area contributed by atoms with Crippen molar-refractivity contribution in [1.29, 1.82) is 5.26 Å². The molecule has 0 saturated carbocycles. The second kappa shape index (κ2) is 9.81. The minimum atomic E-state index is -5.50. The second-order valence-electron chi connectivity index (χ2n) is 7.61. The highest BCUT2D eigenvalue weighted by Gasteiger charge is 2.43. The Morgan fingerprint density at radius 3 is 1.76 bits per heavy atom. The number of alkyl halides is 12. The summed E-state index contributed by atoms with van der Waals surface area (Å²) >= 11 is 0. The molecule has 3 nitrogen and oxygen atoms in total. The third kappa shape index (κ3) is 6.68. The summed E-state index contributed by atoms with van der Waals surface area (Å²) in [6, 6.07) is 0.798. The Balaban J connectivity index is 2.78. The Morgan fingerprint density at radius 1 is 0.946 bits per heavy atom. The highest BCUT2D eigenvalue weighted by molar-refractivity contribution is 5.69. The highest BCUT2D eigenvalue weighted by atomic mass is 19.4. The van der Waals surface area contributed by atoms with Crippen LogP contribution in [0.25, 0.3) is 5.76 Å². The van der Waals surface area contributed by atoms with Gasteiger partial charge >= 0.3 is 24.7 Å². The quantitative estimate of drug-likeness (QED) is 0.236. The zero-order valence-electron chi connectivity index (χ0n) is 18.1. The van der Waals surface area contributed by atoms with Gasteiger partial charge in [-0.3, -0.25) is 0 Å². The maximum atomic E-state index is 13.4. The van der Waals surface area contributed by atoms with Crippen LogP contribution in [0.4, 0.5) is 52.7 Å². The molecule has 2 rings (SSSR count). The standard InChI is InChI=1S/C22H13F12NO2/c1-9(19(23,24)25)3-12(4-10(2)20(26,27)28)18-14(8-37-18)17(36)11-5-15(21(29,30)31)13(7-35)16(6-11)22(32,33)34/h3-6,18,36H,1,8H2,2H3/b10-4+,12-3+,17-14-. The lowest BCUT2D eigenvalue weighted by atomic mass is 9.89. The van der Waals surface area contributed by atoms with Crippen molar-refractivity contribution in [3.05, 3.63) is 75.4 Å². The molecule has 0 amide bonds. The van der Waals surface area contributed by atoms with Crippen molar-refractivity contribution >= 4 is 5.76 Å². The van der Waals surface area contributed by atoms with Crippen molar-refractivity contribution in [2.24, 2.45) is 0 Å². The van der Waals surface area contributed by atoms with E-state index in [4.69, 9.17) is 10.00 Å². The molecule has 0 aliphatic carbocycles. The first-order valence-corrected chi connectivity index (χ1v) is 9.58. The molecule has 1 N–H and O–H groups in total. The molecule has 37 heavy (non-hydrogen) atoms. The molecule has 1 aromatic rings. The average molecular weight is 551 g/mol. The molecule has 1 aromatic carbocycles. The number of benzene rings is 1. The highest BCUT2D eigenvalue weighted by Crippen LogP contribution is 2.43. The molecule has 0 radical (unpaired) electrons. The van der Waals surface area contributed by atoms with Gasteiger partial charge in [0.05, 0.1) is 23.3 Å². The largest absolute Gasteiger partial charge is 0.507 e. The first-order chi connectivity index (χ1) is 16.6. The van der Waals surface area contributed by atoms with Crippen LogP contribution >= 0.6 is 0 Å². The molecule has 1 heterocycles. The predicted molar refractivity (Wildman–Crippen MR) is 104 cm³/mol. The van der Waals surface area contributed by atoms with E-state index in [1.54, 1.807) is 0 Å².